The molecule has 1 aromatic heterocycles. The van der Waals surface area contributed by atoms with Crippen LogP contribution in [0.5, 0.6) is 0 Å². The topological polar surface area (TPSA) is 72.5 Å². The van der Waals surface area contributed by atoms with Gasteiger partial charge in [0.05, 0.1) is 11.3 Å². The van der Waals surface area contributed by atoms with Gasteiger partial charge in [0.25, 0.3) is 0 Å². The fourth-order valence-corrected chi connectivity index (χ4v) is 3.74. The summed E-state index contributed by atoms with van der Waals surface area (Å²) in [5.41, 5.74) is 1.45. The van der Waals surface area contributed by atoms with Crippen LogP contribution in [-0.2, 0) is 9.53 Å². The number of benzene rings is 1. The van der Waals surface area contributed by atoms with Crippen molar-refractivity contribution in [3.63, 3.8) is 0 Å². The SMILES string of the molecule is CSc1ccc(C(=O)COC(=O)c2cc(C)sc2C)cc1NC(C)=O. The van der Waals surface area contributed by atoms with E-state index in [4.69, 9.17) is 4.74 Å². The van der Waals surface area contributed by atoms with Gasteiger partial charge in [0.1, 0.15) is 0 Å². The molecular weight excluding hydrogens is 358 g/mol. The Morgan fingerprint density at radius 1 is 1.20 bits per heavy atom. The fourth-order valence-electron chi connectivity index (χ4n) is 2.29. The first-order chi connectivity index (χ1) is 11.8. The Hall–Kier alpha value is -2.12. The van der Waals surface area contributed by atoms with E-state index >= 15 is 0 Å². The largest absolute Gasteiger partial charge is 0.454 e. The number of anilines is 1. The molecule has 132 valence electrons. The van der Waals surface area contributed by atoms with Gasteiger partial charge in [-0.25, -0.2) is 4.79 Å². The van der Waals surface area contributed by atoms with Crippen LogP contribution in [0.15, 0.2) is 29.2 Å². The summed E-state index contributed by atoms with van der Waals surface area (Å²) in [6.07, 6.45) is 1.88. The van der Waals surface area contributed by atoms with Crippen molar-refractivity contribution in [2.45, 2.75) is 25.7 Å². The number of thioether (sulfide) groups is 1. The monoisotopic (exact) mass is 377 g/mol. The van der Waals surface area contributed by atoms with Crippen LogP contribution in [-0.4, -0.2) is 30.5 Å². The van der Waals surface area contributed by atoms with Crippen LogP contribution < -0.4 is 5.32 Å². The lowest BCUT2D eigenvalue weighted by Crippen LogP contribution is -2.15. The molecule has 0 saturated carbocycles. The van der Waals surface area contributed by atoms with Crippen LogP contribution in [0, 0.1) is 13.8 Å². The number of ketones is 1. The maximum Gasteiger partial charge on any atom is 0.339 e. The molecule has 5 nitrogen and oxygen atoms in total. The molecule has 1 aromatic carbocycles. The highest BCUT2D eigenvalue weighted by Crippen LogP contribution is 2.27. The van der Waals surface area contributed by atoms with Crippen molar-refractivity contribution < 1.29 is 19.1 Å². The summed E-state index contributed by atoms with van der Waals surface area (Å²) in [6.45, 7) is 4.82. The van der Waals surface area contributed by atoms with Gasteiger partial charge in [0.15, 0.2) is 12.4 Å². The number of nitrogens with one attached hydrogen (secondary N) is 1. The van der Waals surface area contributed by atoms with E-state index in [0.717, 1.165) is 14.6 Å². The normalized spacial score (nSPS) is 10.4. The van der Waals surface area contributed by atoms with Crippen LogP contribution in [0.4, 0.5) is 5.69 Å². The lowest BCUT2D eigenvalue weighted by molar-refractivity contribution is -0.114. The summed E-state index contributed by atoms with van der Waals surface area (Å²) < 4.78 is 5.14. The van der Waals surface area contributed by atoms with E-state index in [1.54, 1.807) is 24.3 Å². The average molecular weight is 377 g/mol. The summed E-state index contributed by atoms with van der Waals surface area (Å²) in [5, 5.41) is 2.70. The maximum absolute atomic E-state index is 12.3. The van der Waals surface area contributed by atoms with E-state index in [0.29, 0.717) is 16.8 Å². The summed E-state index contributed by atoms with van der Waals surface area (Å²) >= 11 is 2.98. The van der Waals surface area contributed by atoms with E-state index in [2.05, 4.69) is 5.32 Å². The smallest absolute Gasteiger partial charge is 0.339 e. The van der Waals surface area contributed by atoms with Gasteiger partial charge in [0, 0.05) is 27.1 Å². The number of thiophene rings is 1. The molecule has 0 saturated heterocycles. The van der Waals surface area contributed by atoms with Crippen molar-refractivity contribution >= 4 is 46.4 Å². The Morgan fingerprint density at radius 2 is 1.92 bits per heavy atom. The van der Waals surface area contributed by atoms with Crippen molar-refractivity contribution in [3.05, 3.63) is 45.1 Å². The molecule has 1 heterocycles. The first-order valence-corrected chi connectivity index (χ1v) is 9.59. The molecule has 0 bridgehead atoms. The fraction of sp³-hybridized carbons (Fsp3) is 0.278. The molecule has 0 fully saturated rings. The Labute approximate surface area is 154 Å². The van der Waals surface area contributed by atoms with Gasteiger partial charge < -0.3 is 10.1 Å². The van der Waals surface area contributed by atoms with E-state index in [-0.39, 0.29) is 18.3 Å². The third-order valence-electron chi connectivity index (χ3n) is 3.43. The predicted octanol–water partition coefficient (Wildman–Crippen LogP) is 4.08. The number of ether oxygens (including phenoxy) is 1. The molecule has 25 heavy (non-hydrogen) atoms. The third-order valence-corrected chi connectivity index (χ3v) is 5.19. The molecule has 2 rings (SSSR count). The van der Waals surface area contributed by atoms with Gasteiger partial charge in [-0.2, -0.15) is 0 Å². The second-order valence-electron chi connectivity index (χ2n) is 5.42. The lowest BCUT2D eigenvalue weighted by Gasteiger charge is -2.10. The highest BCUT2D eigenvalue weighted by molar-refractivity contribution is 7.98. The minimum atomic E-state index is -0.502. The highest BCUT2D eigenvalue weighted by Gasteiger charge is 2.16. The number of hydrogen-bond acceptors (Lipinski definition) is 6. The maximum atomic E-state index is 12.3. The molecular formula is C18H19NO4S2. The van der Waals surface area contributed by atoms with E-state index in [1.165, 1.54) is 30.0 Å². The molecule has 0 radical (unpaired) electrons. The second kappa shape index (κ2) is 8.31. The van der Waals surface area contributed by atoms with Crippen molar-refractivity contribution in [1.29, 1.82) is 0 Å². The minimum Gasteiger partial charge on any atom is -0.454 e. The van der Waals surface area contributed by atoms with E-state index in [9.17, 15) is 14.4 Å². The zero-order chi connectivity index (χ0) is 18.6. The molecule has 7 heteroatoms. The number of amides is 1. The molecule has 1 amide bonds. The molecule has 0 aliphatic heterocycles. The van der Waals surface area contributed by atoms with Gasteiger partial charge in [0.2, 0.25) is 5.91 Å². The van der Waals surface area contributed by atoms with Crippen molar-refractivity contribution in [3.8, 4) is 0 Å². The van der Waals surface area contributed by atoms with E-state index < -0.39 is 5.97 Å². The third kappa shape index (κ3) is 4.93. The number of aryl methyl sites for hydroxylation is 2. The van der Waals surface area contributed by atoms with Gasteiger partial charge in [-0.3, -0.25) is 9.59 Å². The van der Waals surface area contributed by atoms with Crippen LogP contribution >= 0.6 is 23.1 Å². The van der Waals surface area contributed by atoms with Crippen molar-refractivity contribution in [2.75, 3.05) is 18.2 Å². The van der Waals surface area contributed by atoms with Crippen LogP contribution in [0.2, 0.25) is 0 Å². The second-order valence-corrected chi connectivity index (χ2v) is 7.73. The van der Waals surface area contributed by atoms with Crippen molar-refractivity contribution in [2.24, 2.45) is 0 Å². The molecule has 0 unspecified atom stereocenters. The number of hydrogen-bond donors (Lipinski definition) is 1. The first kappa shape index (κ1) is 19.2. The number of esters is 1. The zero-order valence-corrected chi connectivity index (χ0v) is 16.1. The minimum absolute atomic E-state index is 0.213. The average Bonchev–Trinajstić information content (AvgIpc) is 2.90. The van der Waals surface area contributed by atoms with Gasteiger partial charge in [-0.1, -0.05) is 6.07 Å². The Balaban J connectivity index is 2.09. The summed E-state index contributed by atoms with van der Waals surface area (Å²) in [4.78, 5) is 38.4. The summed E-state index contributed by atoms with van der Waals surface area (Å²) in [5.74, 6) is -1.04. The van der Waals surface area contributed by atoms with Crippen LogP contribution in [0.25, 0.3) is 0 Å². The zero-order valence-electron chi connectivity index (χ0n) is 14.5. The van der Waals surface area contributed by atoms with Gasteiger partial charge >= 0.3 is 5.97 Å². The van der Waals surface area contributed by atoms with Crippen molar-refractivity contribution in [1.82, 2.24) is 0 Å². The molecule has 0 spiro atoms. The molecule has 2 aromatic rings. The predicted molar refractivity (Wildman–Crippen MR) is 101 cm³/mol. The number of Topliss-reactive ketones (excluding diaryl/α,β-unsaturated/α-hetero) is 1. The number of rotatable bonds is 6. The van der Waals surface area contributed by atoms with Gasteiger partial charge in [-0.05, 0) is 38.3 Å². The van der Waals surface area contributed by atoms with Crippen LogP contribution in [0.1, 0.15) is 37.4 Å². The highest BCUT2D eigenvalue weighted by atomic mass is 32.2. The lowest BCUT2D eigenvalue weighted by atomic mass is 10.1. The van der Waals surface area contributed by atoms with Gasteiger partial charge in [-0.15, -0.1) is 23.1 Å². The Morgan fingerprint density at radius 3 is 2.48 bits per heavy atom. The van der Waals surface area contributed by atoms with E-state index in [1.807, 2.05) is 20.1 Å². The number of carbonyl (C=O) groups is 3. The standard InChI is InChI=1S/C18H19NO4S2/c1-10-7-14(11(2)25-10)18(22)23-9-16(21)13-5-6-17(24-4)15(8-13)19-12(3)20/h5-8H,9H2,1-4H3,(H,19,20). The quantitative estimate of drug-likeness (QED) is 0.466. The number of carbonyl (C=O) groups excluding carboxylic acids is 3. The summed E-state index contributed by atoms with van der Waals surface area (Å²) in [7, 11) is 0. The Bertz CT molecular complexity index is 826. The Kier molecular flexibility index (Phi) is 6.39. The first-order valence-electron chi connectivity index (χ1n) is 7.54. The molecule has 0 aliphatic rings. The molecule has 0 atom stereocenters. The van der Waals surface area contributed by atoms with Crippen LogP contribution in [0.3, 0.4) is 0 Å². The molecule has 0 aliphatic carbocycles. The summed E-state index contributed by atoms with van der Waals surface area (Å²) in [6, 6.07) is 6.78. The molecule has 1 N–H and O–H groups in total.